The molecule has 1 aromatic heterocycles. The Bertz CT molecular complexity index is 1270. The molecule has 4 aromatic carbocycles. The Morgan fingerprint density at radius 3 is 2.33 bits per heavy atom. The smallest absolute Gasteiger partial charge is 0.0544 e. The lowest BCUT2D eigenvalue weighted by atomic mass is 9.97. The van der Waals surface area contributed by atoms with E-state index in [9.17, 15) is 0 Å². The van der Waals surface area contributed by atoms with Crippen LogP contribution in [0, 0.1) is 0 Å². The topological polar surface area (TPSA) is 15.8 Å². The number of para-hydroxylation sites is 1. The van der Waals surface area contributed by atoms with Crippen molar-refractivity contribution in [1.29, 1.82) is 0 Å². The van der Waals surface area contributed by atoms with Crippen LogP contribution < -0.4 is 0 Å². The molecule has 0 fully saturated rings. The fraction of sp³-hybridized carbons (Fsp3) is 0.0435. The van der Waals surface area contributed by atoms with E-state index in [1.807, 2.05) is 0 Å². The molecule has 1 heterocycles. The van der Waals surface area contributed by atoms with Crippen LogP contribution in [0.4, 0.5) is 0 Å². The molecule has 24 heavy (non-hydrogen) atoms. The van der Waals surface area contributed by atoms with Gasteiger partial charge in [0.05, 0.1) is 5.52 Å². The number of H-pyrrole nitrogens is 1. The monoisotopic (exact) mass is 305 g/mol. The van der Waals surface area contributed by atoms with Gasteiger partial charge in [0, 0.05) is 21.7 Å². The van der Waals surface area contributed by atoms with E-state index < -0.39 is 0 Å². The first-order valence-electron chi connectivity index (χ1n) is 8.43. The number of rotatable bonds is 0. The molecule has 1 aliphatic carbocycles. The Morgan fingerprint density at radius 2 is 1.33 bits per heavy atom. The molecule has 0 atom stereocenters. The van der Waals surface area contributed by atoms with Crippen LogP contribution in [0.3, 0.4) is 0 Å². The van der Waals surface area contributed by atoms with Crippen LogP contribution in [0.2, 0.25) is 0 Å². The molecule has 6 rings (SSSR count). The summed E-state index contributed by atoms with van der Waals surface area (Å²) < 4.78 is 0. The zero-order valence-electron chi connectivity index (χ0n) is 13.1. The largest absolute Gasteiger partial charge is 0.354 e. The first-order valence-corrected chi connectivity index (χ1v) is 8.43. The zero-order valence-corrected chi connectivity index (χ0v) is 13.1. The maximum absolute atomic E-state index is 3.63. The number of nitrogens with one attached hydrogen (secondary N) is 1. The Morgan fingerprint density at radius 1 is 0.583 bits per heavy atom. The van der Waals surface area contributed by atoms with Crippen molar-refractivity contribution in [3.05, 3.63) is 83.9 Å². The highest BCUT2D eigenvalue weighted by Crippen LogP contribution is 2.42. The standard InChI is InChI=1S/C23H15N/c1-2-6-15-14(5-1)13-21-16(15)9-11-19-17(21)10-12-20-18-7-3-4-8-22(18)24-23(19)20/h1-12,24H,13H2. The summed E-state index contributed by atoms with van der Waals surface area (Å²) in [5, 5.41) is 5.32. The van der Waals surface area contributed by atoms with E-state index >= 15 is 0 Å². The summed E-state index contributed by atoms with van der Waals surface area (Å²) in [5.41, 5.74) is 8.17. The Balaban J connectivity index is 1.75. The van der Waals surface area contributed by atoms with Gasteiger partial charge in [0.2, 0.25) is 0 Å². The first-order chi connectivity index (χ1) is 11.9. The number of hydrogen-bond donors (Lipinski definition) is 1. The Hall–Kier alpha value is -3.06. The molecule has 0 unspecified atom stereocenters. The van der Waals surface area contributed by atoms with Gasteiger partial charge < -0.3 is 4.98 Å². The molecule has 1 N–H and O–H groups in total. The Labute approximate surface area is 139 Å². The summed E-state index contributed by atoms with van der Waals surface area (Å²) in [6, 6.07) is 26.5. The summed E-state index contributed by atoms with van der Waals surface area (Å²) >= 11 is 0. The molecule has 0 aliphatic heterocycles. The van der Waals surface area contributed by atoms with Crippen molar-refractivity contribution in [3.8, 4) is 11.1 Å². The van der Waals surface area contributed by atoms with Gasteiger partial charge in [0.1, 0.15) is 0 Å². The van der Waals surface area contributed by atoms with E-state index in [0.29, 0.717) is 0 Å². The van der Waals surface area contributed by atoms with Crippen molar-refractivity contribution in [3.63, 3.8) is 0 Å². The highest BCUT2D eigenvalue weighted by atomic mass is 14.7. The van der Waals surface area contributed by atoms with Gasteiger partial charge in [-0.25, -0.2) is 0 Å². The lowest BCUT2D eigenvalue weighted by Crippen LogP contribution is -1.85. The van der Waals surface area contributed by atoms with Crippen LogP contribution >= 0.6 is 0 Å². The van der Waals surface area contributed by atoms with Crippen LogP contribution in [0.1, 0.15) is 11.1 Å². The molecular formula is C23H15N. The van der Waals surface area contributed by atoms with Crippen molar-refractivity contribution >= 4 is 32.6 Å². The van der Waals surface area contributed by atoms with Gasteiger partial charge in [-0.15, -0.1) is 0 Å². The third-order valence-electron chi connectivity index (χ3n) is 5.46. The van der Waals surface area contributed by atoms with Gasteiger partial charge in [0.15, 0.2) is 0 Å². The lowest BCUT2D eigenvalue weighted by Gasteiger charge is -2.07. The molecular weight excluding hydrogens is 290 g/mol. The third-order valence-corrected chi connectivity index (χ3v) is 5.46. The van der Waals surface area contributed by atoms with E-state index in [0.717, 1.165) is 6.42 Å². The van der Waals surface area contributed by atoms with Gasteiger partial charge in [-0.2, -0.15) is 0 Å². The molecule has 1 aliphatic rings. The summed E-state index contributed by atoms with van der Waals surface area (Å²) in [7, 11) is 0. The predicted molar refractivity (Wildman–Crippen MR) is 102 cm³/mol. The molecule has 1 heteroatoms. The Kier molecular flexibility index (Phi) is 2.20. The molecule has 0 radical (unpaired) electrons. The van der Waals surface area contributed by atoms with Crippen molar-refractivity contribution in [2.75, 3.05) is 0 Å². The number of aromatic amines is 1. The van der Waals surface area contributed by atoms with E-state index in [2.05, 4.69) is 77.8 Å². The summed E-state index contributed by atoms with van der Waals surface area (Å²) in [6.07, 6.45) is 1.04. The minimum Gasteiger partial charge on any atom is -0.354 e. The number of benzene rings is 4. The fourth-order valence-corrected chi connectivity index (χ4v) is 4.36. The minimum atomic E-state index is 1.04. The third kappa shape index (κ3) is 1.45. The van der Waals surface area contributed by atoms with Gasteiger partial charge in [0.25, 0.3) is 0 Å². The second-order valence-electron chi connectivity index (χ2n) is 6.68. The number of aromatic nitrogens is 1. The fourth-order valence-electron chi connectivity index (χ4n) is 4.36. The molecule has 0 saturated heterocycles. The van der Waals surface area contributed by atoms with Gasteiger partial charge in [-0.1, -0.05) is 66.7 Å². The molecule has 0 spiro atoms. The average Bonchev–Trinajstić information content (AvgIpc) is 3.20. The normalized spacial score (nSPS) is 12.8. The highest BCUT2D eigenvalue weighted by Gasteiger charge is 2.20. The van der Waals surface area contributed by atoms with Crippen molar-refractivity contribution < 1.29 is 0 Å². The van der Waals surface area contributed by atoms with Crippen molar-refractivity contribution in [2.45, 2.75) is 6.42 Å². The number of hydrogen-bond acceptors (Lipinski definition) is 0. The van der Waals surface area contributed by atoms with Crippen LogP contribution in [0.15, 0.2) is 72.8 Å². The van der Waals surface area contributed by atoms with Crippen LogP contribution in [-0.2, 0) is 6.42 Å². The van der Waals surface area contributed by atoms with Crippen molar-refractivity contribution in [2.24, 2.45) is 0 Å². The molecule has 112 valence electrons. The zero-order chi connectivity index (χ0) is 15.7. The van der Waals surface area contributed by atoms with Crippen LogP contribution in [-0.4, -0.2) is 4.98 Å². The first kappa shape index (κ1) is 12.4. The maximum Gasteiger partial charge on any atom is 0.0544 e. The van der Waals surface area contributed by atoms with Crippen LogP contribution in [0.5, 0.6) is 0 Å². The predicted octanol–water partition coefficient (Wildman–Crippen LogP) is 6.05. The highest BCUT2D eigenvalue weighted by molar-refractivity contribution is 6.18. The summed E-state index contributed by atoms with van der Waals surface area (Å²) in [5.74, 6) is 0. The van der Waals surface area contributed by atoms with E-state index in [1.165, 1.54) is 54.8 Å². The second-order valence-corrected chi connectivity index (χ2v) is 6.68. The molecule has 5 aromatic rings. The van der Waals surface area contributed by atoms with E-state index in [-0.39, 0.29) is 0 Å². The molecule has 0 amide bonds. The van der Waals surface area contributed by atoms with Gasteiger partial charge in [-0.05, 0) is 40.1 Å². The van der Waals surface area contributed by atoms with E-state index in [4.69, 9.17) is 0 Å². The SMILES string of the molecule is c1ccc2c(c1)Cc1c-2ccc2c1ccc1c3ccccc3[nH]c21. The molecule has 0 saturated carbocycles. The van der Waals surface area contributed by atoms with Gasteiger partial charge in [-0.3, -0.25) is 0 Å². The molecule has 0 bridgehead atoms. The average molecular weight is 305 g/mol. The maximum atomic E-state index is 3.63. The quantitative estimate of drug-likeness (QED) is 0.352. The molecule has 1 nitrogen and oxygen atoms in total. The van der Waals surface area contributed by atoms with Crippen molar-refractivity contribution in [1.82, 2.24) is 4.98 Å². The van der Waals surface area contributed by atoms with Gasteiger partial charge >= 0.3 is 0 Å². The van der Waals surface area contributed by atoms with Crippen LogP contribution in [0.25, 0.3) is 43.7 Å². The second kappa shape index (κ2) is 4.27. The minimum absolute atomic E-state index is 1.04. The number of fused-ring (bicyclic) bond motifs is 9. The summed E-state index contributed by atoms with van der Waals surface area (Å²) in [4.78, 5) is 3.63. The summed E-state index contributed by atoms with van der Waals surface area (Å²) in [6.45, 7) is 0. The van der Waals surface area contributed by atoms with E-state index in [1.54, 1.807) is 0 Å². The lowest BCUT2D eigenvalue weighted by molar-refractivity contribution is 1.28.